The summed E-state index contributed by atoms with van der Waals surface area (Å²) in [5.41, 5.74) is 27.3. The third-order valence-electron chi connectivity index (χ3n) is 21.5. The van der Waals surface area contributed by atoms with Gasteiger partial charge in [-0.05, 0) is 174 Å². The number of benzene rings is 4. The Bertz CT molecular complexity index is 3250. The number of rotatable bonds is 5. The molecule has 4 aromatic carbocycles. The number of hydrogen-bond donors (Lipinski definition) is 0. The van der Waals surface area contributed by atoms with Crippen molar-refractivity contribution in [3.63, 3.8) is 0 Å². The molecule has 0 radical (unpaired) electrons. The maximum atomic E-state index is 13.2. The number of esters is 1. The van der Waals surface area contributed by atoms with Crippen LogP contribution in [0, 0.1) is 47.3 Å². The molecule has 2 spiro atoms. The summed E-state index contributed by atoms with van der Waals surface area (Å²) >= 11 is 0. The molecule has 0 bridgehead atoms. The fraction of sp³-hybridized carbons (Fsp3) is 0.411. The standard InChI is InChI=1S/C56H42O2/c1-58-35(57)7-4-20-54(24-9-8-22-5-2-3-6-23(22)21-24)55-33-18-19-34-32-17-15-30-28-13-11-26-25-10-12-27-29-14-16-31(33)42-40(29)45-38(27)36(25)44-37(26)39(28)46-41(30)43(32)53(56(34,54)55)51-49(46)47(44)48(45)50(51)52(42)55/h2-3,5-6,8-13,21,25-28,33-34,36-39H,4,7,14-20H2,1H3. The molecule has 3 saturated carbocycles. The molecule has 0 saturated heterocycles. The second kappa shape index (κ2) is 8.11. The average molecular weight is 747 g/mol. The van der Waals surface area contributed by atoms with Gasteiger partial charge in [0.25, 0.3) is 0 Å². The van der Waals surface area contributed by atoms with Crippen molar-refractivity contribution in [2.24, 2.45) is 47.3 Å². The van der Waals surface area contributed by atoms with Crippen LogP contribution in [0.2, 0.25) is 0 Å². The van der Waals surface area contributed by atoms with Gasteiger partial charge in [-0.25, -0.2) is 0 Å². The Hall–Kier alpha value is -4.69. The second-order valence-corrected chi connectivity index (χ2v) is 21.8. The van der Waals surface area contributed by atoms with Crippen molar-refractivity contribution in [2.75, 3.05) is 7.11 Å². The molecule has 0 amide bonds. The molecule has 15 aliphatic rings. The second-order valence-electron chi connectivity index (χ2n) is 21.8. The fourth-order valence-electron chi connectivity index (χ4n) is 21.2. The third kappa shape index (κ3) is 2.18. The summed E-state index contributed by atoms with van der Waals surface area (Å²) in [6.07, 6.45) is 21.3. The number of carbonyl (C=O) groups excluding carboxylic acids is 1. The van der Waals surface area contributed by atoms with Crippen LogP contribution in [0.3, 0.4) is 0 Å². The molecule has 0 N–H and O–H groups in total. The van der Waals surface area contributed by atoms with Gasteiger partial charge < -0.3 is 4.74 Å². The van der Waals surface area contributed by atoms with Crippen molar-refractivity contribution in [3.05, 3.63) is 132 Å². The van der Waals surface area contributed by atoms with Crippen LogP contribution in [0.15, 0.2) is 72.3 Å². The van der Waals surface area contributed by atoms with E-state index in [1.54, 1.807) is 55.8 Å². The van der Waals surface area contributed by atoms with Gasteiger partial charge in [-0.2, -0.15) is 0 Å². The summed E-state index contributed by atoms with van der Waals surface area (Å²) in [6, 6.07) is 16.9. The summed E-state index contributed by atoms with van der Waals surface area (Å²) < 4.78 is 5.41. The first kappa shape index (κ1) is 28.7. The van der Waals surface area contributed by atoms with Crippen LogP contribution in [-0.4, -0.2) is 13.1 Å². The fourth-order valence-corrected chi connectivity index (χ4v) is 21.2. The van der Waals surface area contributed by atoms with Crippen LogP contribution in [0.25, 0.3) is 49.8 Å². The van der Waals surface area contributed by atoms with Gasteiger partial charge in [-0.1, -0.05) is 94.6 Å². The summed E-state index contributed by atoms with van der Waals surface area (Å²) in [7, 11) is 1.59. The SMILES string of the molecule is COC(=O)CCCC1(c2ccc3ccccc3c2)C23c4c5c6c7c8c4=C4CCC=8C8C=CC9C%10C=CC%11C%12=c%13c%14c(c-5c5c%13=C(CC%12)C(CCC42)C513)C6=C(C9C78)C%10C%14%11. The maximum absolute atomic E-state index is 13.2. The van der Waals surface area contributed by atoms with Crippen molar-refractivity contribution in [3.8, 4) is 11.1 Å². The number of fused-ring (bicyclic) bond motifs is 6. The number of methoxy groups -OCH3 is 1. The molecule has 2 nitrogen and oxygen atoms in total. The smallest absolute Gasteiger partial charge is 0.305 e. The molecule has 19 rings (SSSR count). The highest BCUT2D eigenvalue weighted by Crippen LogP contribution is 2.94. The largest absolute Gasteiger partial charge is 0.469 e. The van der Waals surface area contributed by atoms with E-state index in [0.29, 0.717) is 65.6 Å². The zero-order valence-electron chi connectivity index (χ0n) is 32.8. The first-order valence-corrected chi connectivity index (χ1v) is 23.3. The summed E-state index contributed by atoms with van der Waals surface area (Å²) in [6.45, 7) is 0. The topological polar surface area (TPSA) is 26.3 Å². The predicted octanol–water partition coefficient (Wildman–Crippen LogP) is 7.72. The highest BCUT2D eigenvalue weighted by atomic mass is 16.5. The normalized spacial score (nSPS) is 42.6. The Kier molecular flexibility index (Phi) is 4.01. The Labute approximate surface area is 336 Å². The minimum Gasteiger partial charge on any atom is -0.469 e. The number of carbonyl (C=O) groups is 1. The van der Waals surface area contributed by atoms with E-state index in [2.05, 4.69) is 66.8 Å². The molecule has 2 heteroatoms. The van der Waals surface area contributed by atoms with Crippen LogP contribution >= 0.6 is 0 Å². The zero-order chi connectivity index (χ0) is 36.8. The van der Waals surface area contributed by atoms with E-state index in [1.807, 2.05) is 55.7 Å². The Morgan fingerprint density at radius 2 is 1.24 bits per heavy atom. The molecule has 4 aromatic rings. The number of allylic oxidation sites excluding steroid dienone is 5. The number of hydrogen-bond acceptors (Lipinski definition) is 2. The van der Waals surface area contributed by atoms with Gasteiger partial charge in [-0.15, -0.1) is 0 Å². The molecule has 58 heavy (non-hydrogen) atoms. The highest BCUT2D eigenvalue weighted by molar-refractivity contribution is 6.15. The van der Waals surface area contributed by atoms with Crippen molar-refractivity contribution in [2.45, 2.75) is 85.9 Å². The molecule has 0 aromatic heterocycles. The zero-order valence-corrected chi connectivity index (χ0v) is 32.8. The van der Waals surface area contributed by atoms with E-state index in [-0.39, 0.29) is 22.2 Å². The summed E-state index contributed by atoms with van der Waals surface area (Å²) in [4.78, 5) is 13.2. The molecular formula is C56H42O2. The van der Waals surface area contributed by atoms with Gasteiger partial charge >= 0.3 is 5.97 Å². The molecule has 278 valence electrons. The Balaban J connectivity index is 1.08. The minimum atomic E-state index is -0.0764. The first-order chi connectivity index (χ1) is 28.7. The molecule has 15 aliphatic carbocycles. The van der Waals surface area contributed by atoms with Gasteiger partial charge in [0, 0.05) is 46.3 Å². The van der Waals surface area contributed by atoms with Gasteiger partial charge in [0.15, 0.2) is 0 Å². The van der Waals surface area contributed by atoms with Crippen molar-refractivity contribution >= 4 is 44.6 Å². The Morgan fingerprint density at radius 1 is 0.655 bits per heavy atom. The lowest BCUT2D eigenvalue weighted by molar-refractivity contribution is -0.140. The van der Waals surface area contributed by atoms with Crippen LogP contribution in [0.4, 0.5) is 0 Å². The lowest BCUT2D eigenvalue weighted by Gasteiger charge is -2.43. The lowest BCUT2D eigenvalue weighted by Crippen LogP contribution is -2.43. The Morgan fingerprint density at radius 3 is 1.84 bits per heavy atom. The van der Waals surface area contributed by atoms with E-state index in [0.717, 1.165) is 12.8 Å². The predicted molar refractivity (Wildman–Crippen MR) is 224 cm³/mol. The summed E-state index contributed by atoms with van der Waals surface area (Å²) in [5.74, 6) is 6.21. The molecule has 0 heterocycles. The summed E-state index contributed by atoms with van der Waals surface area (Å²) in [5, 5.41) is 9.93. The lowest BCUT2D eigenvalue weighted by atomic mass is 9.59. The van der Waals surface area contributed by atoms with E-state index < -0.39 is 0 Å². The molecule has 0 aliphatic heterocycles. The highest BCUT2D eigenvalue weighted by Gasteiger charge is 2.96. The van der Waals surface area contributed by atoms with Crippen molar-refractivity contribution < 1.29 is 9.53 Å². The van der Waals surface area contributed by atoms with Crippen LogP contribution in [0.1, 0.15) is 109 Å². The van der Waals surface area contributed by atoms with Gasteiger partial charge in [0.1, 0.15) is 0 Å². The maximum Gasteiger partial charge on any atom is 0.305 e. The van der Waals surface area contributed by atoms with Crippen molar-refractivity contribution in [1.82, 2.24) is 0 Å². The van der Waals surface area contributed by atoms with Gasteiger partial charge in [-0.3, -0.25) is 4.79 Å². The molecule has 3 fully saturated rings. The van der Waals surface area contributed by atoms with Crippen LogP contribution in [-0.2, 0) is 25.8 Å². The minimum absolute atomic E-state index is 0.0329. The average Bonchev–Trinajstić information content (AvgIpc) is 3.91. The van der Waals surface area contributed by atoms with E-state index in [9.17, 15) is 4.79 Å². The van der Waals surface area contributed by atoms with E-state index >= 15 is 0 Å². The van der Waals surface area contributed by atoms with Gasteiger partial charge in [0.05, 0.1) is 7.11 Å². The van der Waals surface area contributed by atoms with Crippen LogP contribution in [0.5, 0.6) is 0 Å². The van der Waals surface area contributed by atoms with E-state index in [1.165, 1.54) is 49.3 Å². The van der Waals surface area contributed by atoms with Crippen LogP contribution < -0.4 is 20.9 Å². The first-order valence-electron chi connectivity index (χ1n) is 23.3. The van der Waals surface area contributed by atoms with Gasteiger partial charge in [0.2, 0.25) is 0 Å². The van der Waals surface area contributed by atoms with Crippen molar-refractivity contribution in [1.29, 1.82) is 0 Å². The molecular weight excluding hydrogens is 705 g/mol. The third-order valence-corrected chi connectivity index (χ3v) is 21.5. The van der Waals surface area contributed by atoms with E-state index in [4.69, 9.17) is 4.74 Å². The monoisotopic (exact) mass is 746 g/mol. The molecule has 12 atom stereocenters. The number of ether oxygens (including phenoxy) is 1. The molecule has 12 unspecified atom stereocenters. The quantitative estimate of drug-likeness (QED) is 0.136.